The van der Waals surface area contributed by atoms with E-state index < -0.39 is 11.6 Å². The van der Waals surface area contributed by atoms with Crippen molar-refractivity contribution < 1.29 is 13.6 Å². The Kier molecular flexibility index (Phi) is 7.09. The van der Waals surface area contributed by atoms with Gasteiger partial charge in [-0.25, -0.2) is 8.78 Å². The van der Waals surface area contributed by atoms with Gasteiger partial charge in [0.15, 0.2) is 5.11 Å². The molecular formula is C20H15ClF2N4OS2. The number of amides is 1. The number of hydrogen-bond acceptors (Lipinski definition) is 4. The van der Waals surface area contributed by atoms with Crippen LogP contribution in [0, 0.1) is 11.6 Å². The largest absolute Gasteiger partial charge is 0.329 e. The number of nitrogens with zero attached hydrogens (tertiary/aromatic N) is 1. The molecule has 0 aliphatic carbocycles. The Bertz CT molecular complexity index is 1120. The predicted octanol–water partition coefficient (Wildman–Crippen LogP) is 5.64. The highest BCUT2D eigenvalue weighted by atomic mass is 35.5. The van der Waals surface area contributed by atoms with Crippen LogP contribution in [-0.4, -0.2) is 16.7 Å². The second-order valence-corrected chi connectivity index (χ2v) is 8.15. The number of anilines is 2. The first-order chi connectivity index (χ1) is 14.3. The van der Waals surface area contributed by atoms with E-state index in [2.05, 4.69) is 21.2 Å². The Morgan fingerprint density at radius 2 is 1.80 bits per heavy atom. The van der Waals surface area contributed by atoms with Crippen LogP contribution in [0.2, 0.25) is 4.34 Å². The summed E-state index contributed by atoms with van der Waals surface area (Å²) >= 11 is 12.1. The van der Waals surface area contributed by atoms with E-state index in [0.29, 0.717) is 20.6 Å². The van der Waals surface area contributed by atoms with Crippen LogP contribution in [0.3, 0.4) is 0 Å². The van der Waals surface area contributed by atoms with E-state index in [1.807, 2.05) is 0 Å². The monoisotopic (exact) mass is 464 g/mol. The van der Waals surface area contributed by atoms with Crippen LogP contribution in [0.4, 0.5) is 20.2 Å². The molecule has 3 rings (SSSR count). The number of thiocarbonyl (C=S) groups is 1. The summed E-state index contributed by atoms with van der Waals surface area (Å²) in [6.07, 6.45) is 0. The minimum absolute atomic E-state index is 0.0360. The maximum atomic E-state index is 13.7. The highest BCUT2D eigenvalue weighted by molar-refractivity contribution is 7.80. The average molecular weight is 465 g/mol. The summed E-state index contributed by atoms with van der Waals surface area (Å²) < 4.78 is 27.1. The normalized spacial score (nSPS) is 11.1. The third-order valence-corrected chi connectivity index (χ3v) is 5.29. The van der Waals surface area contributed by atoms with Gasteiger partial charge in [-0.05, 0) is 61.1 Å². The van der Waals surface area contributed by atoms with Gasteiger partial charge in [-0.3, -0.25) is 10.2 Å². The molecule has 1 heterocycles. The number of benzene rings is 2. The summed E-state index contributed by atoms with van der Waals surface area (Å²) in [6, 6.07) is 13.5. The molecule has 30 heavy (non-hydrogen) atoms. The number of carbonyl (C=O) groups is 1. The first-order valence-electron chi connectivity index (χ1n) is 8.55. The third kappa shape index (κ3) is 5.82. The van der Waals surface area contributed by atoms with Crippen molar-refractivity contribution >= 4 is 63.3 Å². The van der Waals surface area contributed by atoms with Gasteiger partial charge in [0.05, 0.1) is 20.6 Å². The summed E-state index contributed by atoms with van der Waals surface area (Å²) in [5, 5.41) is 9.60. The molecule has 0 radical (unpaired) electrons. The fourth-order valence-corrected chi connectivity index (χ4v) is 3.46. The lowest BCUT2D eigenvalue weighted by Crippen LogP contribution is -2.25. The molecule has 0 saturated carbocycles. The third-order valence-electron chi connectivity index (χ3n) is 3.86. The van der Waals surface area contributed by atoms with Crippen molar-refractivity contribution in [2.75, 3.05) is 10.6 Å². The van der Waals surface area contributed by atoms with Crippen molar-refractivity contribution in [2.24, 2.45) is 5.10 Å². The summed E-state index contributed by atoms with van der Waals surface area (Å²) in [7, 11) is 0. The van der Waals surface area contributed by atoms with Gasteiger partial charge >= 0.3 is 0 Å². The van der Waals surface area contributed by atoms with Gasteiger partial charge in [0.1, 0.15) is 11.6 Å². The molecule has 2 aromatic carbocycles. The van der Waals surface area contributed by atoms with Crippen LogP contribution in [0.25, 0.3) is 0 Å². The summed E-state index contributed by atoms with van der Waals surface area (Å²) in [5.41, 5.74) is 4.67. The van der Waals surface area contributed by atoms with E-state index in [-0.39, 0.29) is 16.7 Å². The number of rotatable bonds is 5. The molecular weight excluding hydrogens is 450 g/mol. The second-order valence-electron chi connectivity index (χ2n) is 6.02. The van der Waals surface area contributed by atoms with Gasteiger partial charge in [-0.2, -0.15) is 5.10 Å². The summed E-state index contributed by atoms with van der Waals surface area (Å²) in [5.74, 6) is -1.68. The zero-order valence-corrected chi connectivity index (χ0v) is 17.9. The van der Waals surface area contributed by atoms with E-state index >= 15 is 0 Å². The van der Waals surface area contributed by atoms with Gasteiger partial charge in [-0.1, -0.05) is 23.7 Å². The van der Waals surface area contributed by atoms with Crippen molar-refractivity contribution in [1.29, 1.82) is 0 Å². The fourth-order valence-electron chi connectivity index (χ4n) is 2.36. The maximum Gasteiger partial charge on any atom is 0.265 e. The lowest BCUT2D eigenvalue weighted by molar-refractivity contribution is 0.103. The van der Waals surface area contributed by atoms with Crippen molar-refractivity contribution in [2.45, 2.75) is 6.92 Å². The van der Waals surface area contributed by atoms with Crippen molar-refractivity contribution in [3.8, 4) is 0 Å². The van der Waals surface area contributed by atoms with Crippen molar-refractivity contribution in [3.63, 3.8) is 0 Å². The standard InChI is InChI=1S/C20H15ClF2N4OS2/c1-11(26-27-20(29)25-16-7-4-13(22)10-15(16)23)12-2-5-14(6-3-12)24-19(28)17-8-9-18(21)30-17/h2-10H,1H3,(H,24,28)(H2,25,27,29)/b26-11+. The molecule has 154 valence electrons. The Balaban J connectivity index is 1.58. The molecule has 0 bridgehead atoms. The highest BCUT2D eigenvalue weighted by Gasteiger charge is 2.09. The summed E-state index contributed by atoms with van der Waals surface area (Å²) in [4.78, 5) is 12.7. The van der Waals surface area contributed by atoms with E-state index in [1.165, 1.54) is 17.4 Å². The molecule has 3 aromatic rings. The number of halogens is 3. The van der Waals surface area contributed by atoms with E-state index in [1.54, 1.807) is 43.3 Å². The lowest BCUT2D eigenvalue weighted by atomic mass is 10.1. The zero-order chi connectivity index (χ0) is 21.7. The lowest BCUT2D eigenvalue weighted by Gasteiger charge is -2.09. The molecule has 0 atom stereocenters. The van der Waals surface area contributed by atoms with Crippen LogP contribution in [-0.2, 0) is 0 Å². The Hall–Kier alpha value is -2.88. The molecule has 5 nitrogen and oxygen atoms in total. The maximum absolute atomic E-state index is 13.7. The molecule has 10 heteroatoms. The van der Waals surface area contributed by atoms with E-state index in [4.69, 9.17) is 23.8 Å². The first kappa shape index (κ1) is 21.8. The molecule has 0 fully saturated rings. The van der Waals surface area contributed by atoms with Crippen LogP contribution in [0.1, 0.15) is 22.2 Å². The van der Waals surface area contributed by atoms with Gasteiger partial charge in [-0.15, -0.1) is 11.3 Å². The minimum Gasteiger partial charge on any atom is -0.329 e. The van der Waals surface area contributed by atoms with Crippen LogP contribution >= 0.6 is 35.2 Å². The molecule has 0 unspecified atom stereocenters. The van der Waals surface area contributed by atoms with Gasteiger partial charge in [0.2, 0.25) is 0 Å². The van der Waals surface area contributed by atoms with Crippen LogP contribution in [0.15, 0.2) is 59.7 Å². The molecule has 1 aromatic heterocycles. The zero-order valence-electron chi connectivity index (χ0n) is 15.5. The van der Waals surface area contributed by atoms with Gasteiger partial charge in [0.25, 0.3) is 5.91 Å². The predicted molar refractivity (Wildman–Crippen MR) is 122 cm³/mol. The quantitative estimate of drug-likeness (QED) is 0.259. The SMILES string of the molecule is C/C(=N\NC(=S)Nc1ccc(F)cc1F)c1ccc(NC(=O)c2ccc(Cl)s2)cc1. The van der Waals surface area contributed by atoms with Crippen LogP contribution < -0.4 is 16.1 Å². The van der Waals surface area contributed by atoms with Crippen molar-refractivity contribution in [1.82, 2.24) is 5.43 Å². The highest BCUT2D eigenvalue weighted by Crippen LogP contribution is 2.22. The topological polar surface area (TPSA) is 65.5 Å². The number of hydrazone groups is 1. The molecule has 0 aliphatic rings. The second kappa shape index (κ2) is 9.75. The Morgan fingerprint density at radius 3 is 2.43 bits per heavy atom. The number of carbonyl (C=O) groups excluding carboxylic acids is 1. The molecule has 0 aliphatic heterocycles. The molecule has 3 N–H and O–H groups in total. The molecule has 1 amide bonds. The van der Waals surface area contributed by atoms with E-state index in [0.717, 1.165) is 17.7 Å². The minimum atomic E-state index is -0.762. The van der Waals surface area contributed by atoms with Crippen LogP contribution in [0.5, 0.6) is 0 Å². The first-order valence-corrected chi connectivity index (χ1v) is 10.2. The number of hydrogen-bond donors (Lipinski definition) is 3. The Morgan fingerprint density at radius 1 is 1.07 bits per heavy atom. The van der Waals surface area contributed by atoms with E-state index in [9.17, 15) is 13.6 Å². The Labute approximate surface area is 185 Å². The van der Waals surface area contributed by atoms with Crippen molar-refractivity contribution in [3.05, 3.63) is 81.0 Å². The molecule has 0 saturated heterocycles. The molecule has 0 spiro atoms. The smallest absolute Gasteiger partial charge is 0.265 e. The number of nitrogens with one attached hydrogen (secondary N) is 3. The van der Waals surface area contributed by atoms with Gasteiger partial charge < -0.3 is 10.6 Å². The van der Waals surface area contributed by atoms with Gasteiger partial charge in [0, 0.05) is 11.8 Å². The number of thiophene rings is 1. The average Bonchev–Trinajstić information content (AvgIpc) is 3.15. The summed E-state index contributed by atoms with van der Waals surface area (Å²) in [6.45, 7) is 1.76. The fraction of sp³-hybridized carbons (Fsp3) is 0.0500.